The van der Waals surface area contributed by atoms with E-state index in [1.54, 1.807) is 13.3 Å². The molecule has 2 saturated heterocycles. The second-order valence-corrected chi connectivity index (χ2v) is 8.60. The van der Waals surface area contributed by atoms with E-state index in [2.05, 4.69) is 9.88 Å². The van der Waals surface area contributed by atoms with Crippen molar-refractivity contribution in [3.8, 4) is 5.75 Å². The van der Waals surface area contributed by atoms with Gasteiger partial charge < -0.3 is 20.3 Å². The second-order valence-electron chi connectivity index (χ2n) is 8.60. The summed E-state index contributed by atoms with van der Waals surface area (Å²) in [6.45, 7) is 4.44. The van der Waals surface area contributed by atoms with Gasteiger partial charge in [-0.25, -0.2) is 0 Å². The molecule has 2 aliphatic heterocycles. The van der Waals surface area contributed by atoms with Gasteiger partial charge in [0, 0.05) is 25.3 Å². The molecule has 2 N–H and O–H groups in total. The summed E-state index contributed by atoms with van der Waals surface area (Å²) in [5.41, 5.74) is 8.25. The lowest BCUT2D eigenvalue weighted by Crippen LogP contribution is -2.45. The number of nitrogens with zero attached hydrogens (tertiary/aromatic N) is 3. The number of ether oxygens (including phenoxy) is 1. The Bertz CT molecular complexity index is 843. The van der Waals surface area contributed by atoms with Gasteiger partial charge in [0.2, 0.25) is 5.91 Å². The molecule has 1 atom stereocenters. The van der Waals surface area contributed by atoms with Crippen LogP contribution in [0.3, 0.4) is 0 Å². The zero-order valence-corrected chi connectivity index (χ0v) is 20.2. The Kier molecular flexibility index (Phi) is 9.77. The van der Waals surface area contributed by atoms with Crippen LogP contribution in [-0.2, 0) is 11.3 Å². The normalized spacial score (nSPS) is 18.7. The number of halogens is 2. The van der Waals surface area contributed by atoms with Gasteiger partial charge in [0.25, 0.3) is 0 Å². The predicted octanol–water partition coefficient (Wildman–Crippen LogP) is 3.84. The molecule has 8 heteroatoms. The highest BCUT2D eigenvalue weighted by Crippen LogP contribution is 2.42. The van der Waals surface area contributed by atoms with E-state index < -0.39 is 0 Å². The average molecular weight is 481 g/mol. The number of hydrogen-bond acceptors (Lipinski definition) is 5. The molecular formula is C24H34Cl2N4O2. The van der Waals surface area contributed by atoms with Crippen molar-refractivity contribution in [2.24, 2.45) is 11.1 Å². The average Bonchev–Trinajstić information content (AvgIpc) is 3.09. The Labute approximate surface area is 203 Å². The highest BCUT2D eigenvalue weighted by Gasteiger charge is 2.47. The van der Waals surface area contributed by atoms with Gasteiger partial charge in [-0.05, 0) is 75.1 Å². The van der Waals surface area contributed by atoms with Gasteiger partial charge >= 0.3 is 0 Å². The van der Waals surface area contributed by atoms with E-state index in [1.165, 1.54) is 0 Å². The van der Waals surface area contributed by atoms with Crippen LogP contribution in [0.1, 0.15) is 43.0 Å². The van der Waals surface area contributed by atoms with Gasteiger partial charge in [-0.3, -0.25) is 9.78 Å². The van der Waals surface area contributed by atoms with E-state index in [0.717, 1.165) is 68.9 Å². The molecule has 1 amide bonds. The molecule has 2 aromatic rings. The molecule has 4 rings (SSSR count). The summed E-state index contributed by atoms with van der Waals surface area (Å²) >= 11 is 0. The number of rotatable bonds is 7. The van der Waals surface area contributed by atoms with E-state index in [9.17, 15) is 4.79 Å². The van der Waals surface area contributed by atoms with Crippen molar-refractivity contribution in [2.45, 2.75) is 38.3 Å². The highest BCUT2D eigenvalue weighted by atomic mass is 35.5. The standard InChI is InChI=1S/C24H32N4O2.2ClH/c1-30-20-7-5-19(6-8-20)18-28-17-12-24(23(28)29)10-15-27(16-11-24)14-9-21(25)22-4-2-3-13-26-22;;/h2-8,13,21H,9-12,14-18,25H2,1H3;2*1H. The number of pyridine rings is 1. The third-order valence-electron chi connectivity index (χ3n) is 6.77. The third kappa shape index (κ3) is 5.93. The quantitative estimate of drug-likeness (QED) is 0.651. The molecule has 1 aromatic carbocycles. The van der Waals surface area contributed by atoms with Crippen molar-refractivity contribution < 1.29 is 9.53 Å². The molecular weight excluding hydrogens is 447 g/mol. The molecule has 6 nitrogen and oxygen atoms in total. The number of methoxy groups -OCH3 is 1. The Morgan fingerprint density at radius 2 is 1.75 bits per heavy atom. The molecule has 0 aliphatic carbocycles. The van der Waals surface area contributed by atoms with Crippen molar-refractivity contribution in [1.82, 2.24) is 14.8 Å². The highest BCUT2D eigenvalue weighted by molar-refractivity contribution is 5.86. The fourth-order valence-corrected chi connectivity index (χ4v) is 4.73. The van der Waals surface area contributed by atoms with Crippen LogP contribution in [-0.4, -0.2) is 54.0 Å². The topological polar surface area (TPSA) is 71.7 Å². The lowest BCUT2D eigenvalue weighted by Gasteiger charge is -2.38. The second kappa shape index (κ2) is 11.8. The first kappa shape index (κ1) is 26.4. The fourth-order valence-electron chi connectivity index (χ4n) is 4.73. The van der Waals surface area contributed by atoms with Crippen molar-refractivity contribution in [2.75, 3.05) is 33.3 Å². The number of nitrogens with two attached hydrogens (primary N) is 1. The molecule has 32 heavy (non-hydrogen) atoms. The third-order valence-corrected chi connectivity index (χ3v) is 6.77. The van der Waals surface area contributed by atoms with Crippen LogP contribution < -0.4 is 10.5 Å². The predicted molar refractivity (Wildman–Crippen MR) is 131 cm³/mol. The van der Waals surface area contributed by atoms with E-state index in [-0.39, 0.29) is 36.3 Å². The largest absolute Gasteiger partial charge is 0.497 e. The fraction of sp³-hybridized carbons (Fsp3) is 0.500. The SMILES string of the molecule is COc1ccc(CN2CCC3(CCN(CCC(N)c4ccccn4)CC3)C2=O)cc1.Cl.Cl. The van der Waals surface area contributed by atoms with Crippen LogP contribution in [0, 0.1) is 5.41 Å². The van der Waals surface area contributed by atoms with Crippen molar-refractivity contribution in [3.05, 3.63) is 59.9 Å². The van der Waals surface area contributed by atoms with Gasteiger partial charge in [0.05, 0.1) is 18.2 Å². The minimum atomic E-state index is -0.161. The maximum Gasteiger partial charge on any atom is 0.229 e. The Morgan fingerprint density at radius 1 is 1.06 bits per heavy atom. The lowest BCUT2D eigenvalue weighted by molar-refractivity contribution is -0.138. The molecule has 1 unspecified atom stereocenters. The summed E-state index contributed by atoms with van der Waals surface area (Å²) in [7, 11) is 1.67. The molecule has 0 radical (unpaired) electrons. The summed E-state index contributed by atoms with van der Waals surface area (Å²) in [6, 6.07) is 13.9. The first-order valence-corrected chi connectivity index (χ1v) is 10.9. The maximum absolute atomic E-state index is 13.2. The first-order chi connectivity index (χ1) is 14.6. The summed E-state index contributed by atoms with van der Waals surface area (Å²) in [5.74, 6) is 1.18. The van der Waals surface area contributed by atoms with E-state index in [0.29, 0.717) is 12.5 Å². The van der Waals surface area contributed by atoms with Crippen molar-refractivity contribution >= 4 is 30.7 Å². The molecule has 0 saturated carbocycles. The molecule has 0 bridgehead atoms. The monoisotopic (exact) mass is 480 g/mol. The van der Waals surface area contributed by atoms with Gasteiger partial charge in [0.15, 0.2) is 0 Å². The van der Waals surface area contributed by atoms with Crippen molar-refractivity contribution in [1.29, 1.82) is 0 Å². The molecule has 3 heterocycles. The number of aromatic nitrogens is 1. The minimum absolute atomic E-state index is 0. The molecule has 1 aromatic heterocycles. The summed E-state index contributed by atoms with van der Waals surface area (Å²) in [5, 5.41) is 0. The number of carbonyl (C=O) groups is 1. The number of hydrogen-bond donors (Lipinski definition) is 1. The van der Waals surface area contributed by atoms with Gasteiger partial charge in [-0.2, -0.15) is 0 Å². The van der Waals surface area contributed by atoms with Crippen LogP contribution in [0.5, 0.6) is 5.75 Å². The van der Waals surface area contributed by atoms with Crippen LogP contribution >= 0.6 is 24.8 Å². The maximum atomic E-state index is 13.2. The van der Waals surface area contributed by atoms with E-state index in [1.807, 2.05) is 47.4 Å². The summed E-state index contributed by atoms with van der Waals surface area (Å²) in [6.07, 6.45) is 5.56. The van der Waals surface area contributed by atoms with Crippen LogP contribution in [0.15, 0.2) is 48.7 Å². The zero-order valence-electron chi connectivity index (χ0n) is 18.6. The Morgan fingerprint density at radius 3 is 2.38 bits per heavy atom. The summed E-state index contributed by atoms with van der Waals surface area (Å²) < 4.78 is 5.22. The smallest absolute Gasteiger partial charge is 0.229 e. The van der Waals surface area contributed by atoms with Gasteiger partial charge in [-0.1, -0.05) is 18.2 Å². The molecule has 2 aliphatic rings. The first-order valence-electron chi connectivity index (χ1n) is 10.9. The molecule has 2 fully saturated rings. The molecule has 1 spiro atoms. The number of piperidine rings is 1. The van der Waals surface area contributed by atoms with Crippen LogP contribution in [0.25, 0.3) is 0 Å². The van der Waals surface area contributed by atoms with Crippen molar-refractivity contribution in [3.63, 3.8) is 0 Å². The lowest BCUT2D eigenvalue weighted by atomic mass is 9.77. The summed E-state index contributed by atoms with van der Waals surface area (Å²) in [4.78, 5) is 22.1. The van der Waals surface area contributed by atoms with E-state index in [4.69, 9.17) is 10.5 Å². The Balaban J connectivity index is 0.00000181. The molecule has 176 valence electrons. The number of likely N-dealkylation sites (tertiary alicyclic amines) is 2. The van der Waals surface area contributed by atoms with Gasteiger partial charge in [-0.15, -0.1) is 24.8 Å². The zero-order chi connectivity index (χ0) is 21.0. The van der Waals surface area contributed by atoms with Crippen LogP contribution in [0.4, 0.5) is 0 Å². The Hall–Kier alpha value is -1.86. The van der Waals surface area contributed by atoms with Gasteiger partial charge in [0.1, 0.15) is 5.75 Å². The number of amides is 1. The number of carbonyl (C=O) groups excluding carboxylic acids is 1. The number of benzene rings is 1. The van der Waals surface area contributed by atoms with E-state index >= 15 is 0 Å². The van der Waals surface area contributed by atoms with Crippen LogP contribution in [0.2, 0.25) is 0 Å². The minimum Gasteiger partial charge on any atom is -0.497 e.